The Morgan fingerprint density at radius 2 is 1.61 bits per heavy atom. The highest BCUT2D eigenvalue weighted by Crippen LogP contribution is 2.47. The first-order valence-corrected chi connectivity index (χ1v) is 24.0. The van der Waals surface area contributed by atoms with Crippen LogP contribution in [0.4, 0.5) is 5.69 Å². The Balaban J connectivity index is 1.82. The second-order valence-corrected chi connectivity index (χ2v) is 20.9. The SMILES string of the molecule is CC[C@@H]1OC(=O)[C@H](C)[C@H](C)[C@@H](C)[C@H](C[C@@H]2C[C@@](C)(OC)[C@H](O)[C@H](C)O2)[C@@](O)(C[C@@H]2O[C@H](C)C[C@H](N(C)C)[C@@H]2O)C[C@H](C)CN(CCNC(=S)Nc2ccc(O)cc2)[C@H](C)[C@@H](O)[C@]1(C)O. The number of likely N-dealkylation sites (N-methyl/N-ethyl adjacent to an activating group) is 1. The van der Waals surface area contributed by atoms with E-state index >= 15 is 0 Å². The minimum absolute atomic E-state index is 0.101. The summed E-state index contributed by atoms with van der Waals surface area (Å²) in [6.07, 6.45) is -4.06. The number of carbonyl (C=O) groups is 1. The number of phenols is 1. The van der Waals surface area contributed by atoms with Gasteiger partial charge in [-0.3, -0.25) is 9.69 Å². The average Bonchev–Trinajstić information content (AvgIpc) is 3.23. The maximum absolute atomic E-state index is 14.2. The van der Waals surface area contributed by atoms with Crippen molar-refractivity contribution in [1.82, 2.24) is 15.1 Å². The van der Waals surface area contributed by atoms with E-state index in [1.165, 1.54) is 6.92 Å². The van der Waals surface area contributed by atoms with Crippen LogP contribution in [0.25, 0.3) is 0 Å². The van der Waals surface area contributed by atoms with E-state index < -0.39 is 83.4 Å². The molecule has 15 nitrogen and oxygen atoms in total. The number of aliphatic hydroxyl groups is 5. The smallest absolute Gasteiger partial charge is 0.309 e. The molecule has 0 radical (unpaired) electrons. The number of nitrogens with zero attached hydrogens (tertiary/aromatic N) is 2. The van der Waals surface area contributed by atoms with Crippen molar-refractivity contribution in [2.75, 3.05) is 46.2 Å². The fourth-order valence-electron chi connectivity index (χ4n) is 11.0. The Labute approximate surface area is 388 Å². The number of anilines is 1. The van der Waals surface area contributed by atoms with Crippen molar-refractivity contribution in [3.63, 3.8) is 0 Å². The number of thiocarbonyl (C=S) groups is 1. The summed E-state index contributed by atoms with van der Waals surface area (Å²) in [5.74, 6) is -2.45. The number of aromatic hydroxyl groups is 1. The number of esters is 1. The molecule has 0 saturated carbocycles. The number of methoxy groups -OCH3 is 1. The highest BCUT2D eigenvalue weighted by atomic mass is 32.1. The van der Waals surface area contributed by atoms with Gasteiger partial charge in [0.05, 0.1) is 47.6 Å². The molecule has 18 atom stereocenters. The summed E-state index contributed by atoms with van der Waals surface area (Å²) >= 11 is 5.61. The molecule has 0 bridgehead atoms. The molecule has 64 heavy (non-hydrogen) atoms. The summed E-state index contributed by atoms with van der Waals surface area (Å²) in [6.45, 7) is 19.9. The molecule has 0 spiro atoms. The summed E-state index contributed by atoms with van der Waals surface area (Å²) in [6, 6.07) is 5.68. The van der Waals surface area contributed by atoms with Crippen molar-refractivity contribution in [1.29, 1.82) is 0 Å². The van der Waals surface area contributed by atoms with Crippen molar-refractivity contribution in [3.8, 4) is 5.75 Å². The molecule has 3 fully saturated rings. The van der Waals surface area contributed by atoms with Crippen molar-refractivity contribution < 1.29 is 54.4 Å². The zero-order chi connectivity index (χ0) is 48.1. The number of benzene rings is 1. The molecule has 1 aromatic rings. The first-order chi connectivity index (χ1) is 29.8. The highest BCUT2D eigenvalue weighted by Gasteiger charge is 2.53. The molecule has 3 saturated heterocycles. The number of hydrogen-bond donors (Lipinski definition) is 8. The fraction of sp³-hybridized carbons (Fsp3) is 0.833. The van der Waals surface area contributed by atoms with Gasteiger partial charge in [-0.1, -0.05) is 34.6 Å². The van der Waals surface area contributed by atoms with Crippen LogP contribution in [-0.4, -0.2) is 170 Å². The fourth-order valence-corrected chi connectivity index (χ4v) is 11.2. The minimum atomic E-state index is -1.83. The number of ether oxygens (including phenoxy) is 4. The van der Waals surface area contributed by atoms with Gasteiger partial charge in [0.2, 0.25) is 0 Å². The van der Waals surface area contributed by atoms with Crippen LogP contribution in [0.1, 0.15) is 108 Å². The summed E-state index contributed by atoms with van der Waals surface area (Å²) in [5, 5.41) is 77.5. The average molecular weight is 925 g/mol. The normalized spacial score (nSPS) is 42.3. The van der Waals surface area contributed by atoms with E-state index in [1.807, 2.05) is 67.5 Å². The molecule has 368 valence electrons. The lowest BCUT2D eigenvalue weighted by Crippen LogP contribution is -2.60. The standard InChI is InChI=1S/C48H84N4O11S/c1-14-40-47(10,58)42(55)32(7)52(20-19-49-45(64)50-34-15-17-35(53)18-16-34)26-27(2)23-48(59,25-39-41(54)38(51(11)12)21-28(3)61-39)37(30(5)29(4)31(6)44(57)63-40)22-36-24-46(9,60-13)43(56)33(8)62-36/h15-18,27-33,36-43,53-56,58-59H,14,19-26H2,1-13H3,(H2,49,50,64)/t27-,28+,29+,30+,31+,32+,33-,36+,37-,38-,39-,40-,41-,42+,43+,46+,47+,48-/m0/s1. The molecule has 3 aliphatic heterocycles. The van der Waals surface area contributed by atoms with Gasteiger partial charge in [0.25, 0.3) is 0 Å². The zero-order valence-corrected chi connectivity index (χ0v) is 41.7. The van der Waals surface area contributed by atoms with Crippen molar-refractivity contribution in [3.05, 3.63) is 24.3 Å². The van der Waals surface area contributed by atoms with E-state index in [1.54, 1.807) is 31.4 Å². The van der Waals surface area contributed by atoms with Crippen LogP contribution >= 0.6 is 12.2 Å². The van der Waals surface area contributed by atoms with Gasteiger partial charge in [-0.2, -0.15) is 0 Å². The maximum Gasteiger partial charge on any atom is 0.309 e. The number of aliphatic hydroxyl groups excluding tert-OH is 3. The Morgan fingerprint density at radius 3 is 2.20 bits per heavy atom. The molecule has 0 aromatic heterocycles. The summed E-state index contributed by atoms with van der Waals surface area (Å²) in [4.78, 5) is 18.3. The van der Waals surface area contributed by atoms with Crippen molar-refractivity contribution >= 4 is 29.0 Å². The molecule has 1 aromatic carbocycles. The van der Waals surface area contributed by atoms with Crippen LogP contribution < -0.4 is 10.6 Å². The molecule has 0 amide bonds. The predicted octanol–water partition coefficient (Wildman–Crippen LogP) is 4.29. The Hall–Kier alpha value is -2.22. The van der Waals surface area contributed by atoms with Gasteiger partial charge in [0, 0.05) is 57.4 Å². The molecule has 8 N–H and O–H groups in total. The van der Waals surface area contributed by atoms with Crippen LogP contribution in [0.2, 0.25) is 0 Å². The third-order valence-corrected chi connectivity index (χ3v) is 15.6. The van der Waals surface area contributed by atoms with Crippen molar-refractivity contribution in [2.45, 2.75) is 185 Å². The Bertz CT molecular complexity index is 1640. The van der Waals surface area contributed by atoms with E-state index in [4.69, 9.17) is 31.2 Å². The maximum atomic E-state index is 14.2. The molecular formula is C48H84N4O11S. The monoisotopic (exact) mass is 925 g/mol. The van der Waals surface area contributed by atoms with E-state index in [2.05, 4.69) is 29.4 Å². The molecule has 4 rings (SSSR count). The van der Waals surface area contributed by atoms with Gasteiger partial charge >= 0.3 is 5.97 Å². The molecule has 3 aliphatic rings. The zero-order valence-electron chi connectivity index (χ0n) is 40.9. The highest BCUT2D eigenvalue weighted by molar-refractivity contribution is 7.80. The van der Waals surface area contributed by atoms with E-state index in [0.29, 0.717) is 49.7 Å². The number of nitrogens with one attached hydrogen (secondary N) is 2. The van der Waals surface area contributed by atoms with Crippen LogP contribution in [-0.2, 0) is 23.7 Å². The second-order valence-electron chi connectivity index (χ2n) is 20.5. The van der Waals surface area contributed by atoms with Gasteiger partial charge in [-0.05, 0) is 135 Å². The van der Waals surface area contributed by atoms with Crippen molar-refractivity contribution in [2.24, 2.45) is 29.6 Å². The largest absolute Gasteiger partial charge is 0.508 e. The van der Waals surface area contributed by atoms with Crippen LogP contribution in [0, 0.1) is 29.6 Å². The summed E-state index contributed by atoms with van der Waals surface area (Å²) in [7, 11) is 5.47. The molecule has 0 unspecified atom stereocenters. The Morgan fingerprint density at radius 1 is 0.969 bits per heavy atom. The number of hydrogen-bond acceptors (Lipinski definition) is 14. The van der Waals surface area contributed by atoms with Crippen LogP contribution in [0.15, 0.2) is 24.3 Å². The van der Waals surface area contributed by atoms with E-state index in [9.17, 15) is 35.4 Å². The molecule has 3 heterocycles. The quantitative estimate of drug-likeness (QED) is 0.0886. The lowest BCUT2D eigenvalue weighted by atomic mass is 9.63. The van der Waals surface area contributed by atoms with Gasteiger partial charge < -0.3 is 65.1 Å². The van der Waals surface area contributed by atoms with E-state index in [0.717, 1.165) is 0 Å². The summed E-state index contributed by atoms with van der Waals surface area (Å²) in [5.41, 5.74) is -3.54. The second kappa shape index (κ2) is 22.7. The third-order valence-electron chi connectivity index (χ3n) is 15.4. The van der Waals surface area contributed by atoms with Gasteiger partial charge in [0.1, 0.15) is 29.7 Å². The van der Waals surface area contributed by atoms with Crippen LogP contribution in [0.5, 0.6) is 5.75 Å². The van der Waals surface area contributed by atoms with Gasteiger partial charge in [0.15, 0.2) is 5.11 Å². The first kappa shape index (κ1) is 54.4. The number of carbonyl (C=O) groups excluding carboxylic acids is 1. The minimum Gasteiger partial charge on any atom is -0.508 e. The topological polar surface area (TPSA) is 206 Å². The van der Waals surface area contributed by atoms with Gasteiger partial charge in [-0.15, -0.1) is 0 Å². The van der Waals surface area contributed by atoms with Crippen LogP contribution in [0.3, 0.4) is 0 Å². The lowest BCUT2D eigenvalue weighted by Gasteiger charge is -2.51. The summed E-state index contributed by atoms with van der Waals surface area (Å²) < 4.78 is 25.2. The van der Waals surface area contributed by atoms with E-state index in [-0.39, 0.29) is 54.9 Å². The van der Waals surface area contributed by atoms with Gasteiger partial charge in [-0.25, -0.2) is 0 Å². The molecule has 0 aliphatic carbocycles. The third kappa shape index (κ3) is 13.1. The molecule has 16 heteroatoms. The lowest BCUT2D eigenvalue weighted by molar-refractivity contribution is -0.226. The number of rotatable bonds is 11. The number of phenolic OH excluding ortho intramolecular Hbond substituents is 1. The number of cyclic esters (lactones) is 1. The Kier molecular flexibility index (Phi) is 19.3. The predicted molar refractivity (Wildman–Crippen MR) is 252 cm³/mol. The first-order valence-electron chi connectivity index (χ1n) is 23.6. The molecular weight excluding hydrogens is 841 g/mol.